The van der Waals surface area contributed by atoms with E-state index in [2.05, 4.69) is 15.9 Å². The lowest BCUT2D eigenvalue weighted by atomic mass is 10.2. The van der Waals surface area contributed by atoms with Crippen LogP contribution in [0.3, 0.4) is 0 Å². The summed E-state index contributed by atoms with van der Waals surface area (Å²) in [5.41, 5.74) is 7.59. The minimum Gasteiger partial charge on any atom is -0.353 e. The normalized spacial score (nSPS) is 20.6. The summed E-state index contributed by atoms with van der Waals surface area (Å²) in [7, 11) is -3.10. The van der Waals surface area contributed by atoms with Gasteiger partial charge in [-0.25, -0.2) is 8.42 Å². The van der Waals surface area contributed by atoms with E-state index in [9.17, 15) is 8.42 Å². The molecule has 1 aliphatic heterocycles. The van der Waals surface area contributed by atoms with Crippen molar-refractivity contribution in [2.45, 2.75) is 11.9 Å². The van der Waals surface area contributed by atoms with Crippen LogP contribution in [0.25, 0.3) is 0 Å². The molecule has 1 heterocycles. The first kappa shape index (κ1) is 15.2. The Morgan fingerprint density at radius 3 is 2.84 bits per heavy atom. The second-order valence-electron chi connectivity index (χ2n) is 4.57. The third-order valence-corrected chi connectivity index (χ3v) is 6.19. The minimum absolute atomic E-state index is 0.443. The second-order valence-corrected chi connectivity index (χ2v) is 8.84. The highest BCUT2D eigenvalue weighted by atomic mass is 79.9. The molecule has 0 saturated carbocycles. The minimum atomic E-state index is -3.10. The first-order valence-corrected chi connectivity index (χ1v) is 9.85. The van der Waals surface area contributed by atoms with Gasteiger partial charge < -0.3 is 10.6 Å². The van der Waals surface area contributed by atoms with Gasteiger partial charge in [0.15, 0.2) is 9.84 Å². The molecule has 1 aliphatic rings. The molecule has 1 saturated heterocycles. The van der Waals surface area contributed by atoms with E-state index in [1.165, 1.54) is 6.26 Å². The Kier molecular flexibility index (Phi) is 4.81. The largest absolute Gasteiger partial charge is 0.353 e. The van der Waals surface area contributed by atoms with E-state index in [1.54, 1.807) is 11.8 Å². The van der Waals surface area contributed by atoms with Gasteiger partial charge in [-0.2, -0.15) is 11.8 Å². The Hall–Kier alpha value is -0.240. The van der Waals surface area contributed by atoms with Crippen molar-refractivity contribution < 1.29 is 8.42 Å². The lowest BCUT2D eigenvalue weighted by molar-refractivity contribution is 0.584. The first-order chi connectivity index (χ1) is 8.91. The van der Waals surface area contributed by atoms with Gasteiger partial charge in [0, 0.05) is 41.0 Å². The fourth-order valence-corrected chi connectivity index (χ4v) is 5.52. The monoisotopic (exact) mass is 364 g/mol. The zero-order valence-corrected chi connectivity index (χ0v) is 13.9. The molecule has 0 amide bonds. The van der Waals surface area contributed by atoms with Crippen molar-refractivity contribution in [2.75, 3.05) is 29.2 Å². The summed E-state index contributed by atoms with van der Waals surface area (Å²) in [4.78, 5) is 1.97. The van der Waals surface area contributed by atoms with Crippen LogP contribution in [-0.2, 0) is 16.4 Å². The topological polar surface area (TPSA) is 63.4 Å². The molecule has 1 aromatic carbocycles. The van der Waals surface area contributed by atoms with Gasteiger partial charge >= 0.3 is 0 Å². The maximum atomic E-state index is 11.9. The standard InChI is InChI=1S/C12H17BrN2O2S2/c1-19(16,17)12-8-18-3-2-15(12)11-5-9(7-14)4-10(13)6-11/h4-6,12H,2-3,7-8,14H2,1H3. The molecule has 7 heteroatoms. The van der Waals surface area contributed by atoms with Gasteiger partial charge in [-0.1, -0.05) is 15.9 Å². The van der Waals surface area contributed by atoms with Gasteiger partial charge in [0.1, 0.15) is 5.37 Å². The van der Waals surface area contributed by atoms with Crippen LogP contribution in [0, 0.1) is 0 Å². The molecular formula is C12H17BrN2O2S2. The summed E-state index contributed by atoms with van der Waals surface area (Å²) in [6, 6.07) is 5.88. The molecule has 2 rings (SSSR count). The van der Waals surface area contributed by atoms with E-state index in [-0.39, 0.29) is 0 Å². The van der Waals surface area contributed by atoms with Gasteiger partial charge in [-0.15, -0.1) is 0 Å². The molecule has 19 heavy (non-hydrogen) atoms. The van der Waals surface area contributed by atoms with E-state index in [0.29, 0.717) is 12.3 Å². The van der Waals surface area contributed by atoms with Crippen molar-refractivity contribution in [2.24, 2.45) is 5.73 Å². The van der Waals surface area contributed by atoms with Crippen LogP contribution >= 0.6 is 27.7 Å². The number of rotatable bonds is 3. The van der Waals surface area contributed by atoms with Crippen molar-refractivity contribution in [3.63, 3.8) is 0 Å². The number of sulfone groups is 1. The molecule has 0 aliphatic carbocycles. The molecule has 0 radical (unpaired) electrons. The highest BCUT2D eigenvalue weighted by Gasteiger charge is 2.31. The quantitative estimate of drug-likeness (QED) is 0.886. The summed E-state index contributed by atoms with van der Waals surface area (Å²) in [5.74, 6) is 1.56. The van der Waals surface area contributed by atoms with Gasteiger partial charge in [0.25, 0.3) is 0 Å². The Morgan fingerprint density at radius 2 is 2.21 bits per heavy atom. The molecule has 0 spiro atoms. The molecule has 1 aromatic rings. The van der Waals surface area contributed by atoms with Gasteiger partial charge in [0.05, 0.1) is 0 Å². The Morgan fingerprint density at radius 1 is 1.47 bits per heavy atom. The summed E-state index contributed by atoms with van der Waals surface area (Å²) in [6.45, 7) is 1.18. The second kappa shape index (κ2) is 6.03. The van der Waals surface area contributed by atoms with Crippen molar-refractivity contribution in [3.8, 4) is 0 Å². The van der Waals surface area contributed by atoms with Crippen molar-refractivity contribution in [1.82, 2.24) is 0 Å². The third kappa shape index (κ3) is 3.65. The van der Waals surface area contributed by atoms with Crippen LogP contribution < -0.4 is 10.6 Å². The fourth-order valence-electron chi connectivity index (χ4n) is 2.15. The molecular weight excluding hydrogens is 348 g/mol. The molecule has 106 valence electrons. The van der Waals surface area contributed by atoms with E-state index in [0.717, 1.165) is 28.0 Å². The molecule has 4 nitrogen and oxygen atoms in total. The fraction of sp³-hybridized carbons (Fsp3) is 0.500. The summed E-state index contributed by atoms with van der Waals surface area (Å²) in [5, 5.41) is -0.453. The van der Waals surface area contributed by atoms with Crippen molar-refractivity contribution in [3.05, 3.63) is 28.2 Å². The van der Waals surface area contributed by atoms with E-state index < -0.39 is 15.2 Å². The Labute approximate surface area is 126 Å². The van der Waals surface area contributed by atoms with Crippen LogP contribution in [0.5, 0.6) is 0 Å². The summed E-state index contributed by atoms with van der Waals surface area (Å²) < 4.78 is 24.8. The number of thioether (sulfide) groups is 1. The SMILES string of the molecule is CS(=O)(=O)C1CSCCN1c1cc(Br)cc(CN)c1. The van der Waals surface area contributed by atoms with Gasteiger partial charge in [-0.05, 0) is 23.8 Å². The van der Waals surface area contributed by atoms with Gasteiger partial charge in [0.2, 0.25) is 0 Å². The zero-order valence-electron chi connectivity index (χ0n) is 10.7. The van der Waals surface area contributed by atoms with Crippen molar-refractivity contribution in [1.29, 1.82) is 0 Å². The average molecular weight is 365 g/mol. The van der Waals surface area contributed by atoms with Crippen LogP contribution in [0.1, 0.15) is 5.56 Å². The van der Waals surface area contributed by atoms with Crippen LogP contribution in [0.2, 0.25) is 0 Å². The molecule has 0 bridgehead atoms. The molecule has 1 unspecified atom stereocenters. The lowest BCUT2D eigenvalue weighted by Crippen LogP contribution is -2.47. The molecule has 1 atom stereocenters. The molecule has 0 aromatic heterocycles. The Balaban J connectivity index is 2.40. The first-order valence-electron chi connectivity index (χ1n) is 5.94. The van der Waals surface area contributed by atoms with Gasteiger partial charge in [-0.3, -0.25) is 0 Å². The van der Waals surface area contributed by atoms with E-state index in [1.807, 2.05) is 23.1 Å². The highest BCUT2D eigenvalue weighted by molar-refractivity contribution is 9.10. The third-order valence-electron chi connectivity index (χ3n) is 3.09. The number of nitrogens with two attached hydrogens (primary N) is 1. The van der Waals surface area contributed by atoms with Crippen LogP contribution in [0.4, 0.5) is 5.69 Å². The average Bonchev–Trinajstić information content (AvgIpc) is 2.37. The summed E-state index contributed by atoms with van der Waals surface area (Å²) >= 11 is 5.14. The maximum Gasteiger partial charge on any atom is 0.169 e. The number of benzene rings is 1. The number of hydrogen-bond donors (Lipinski definition) is 1. The predicted molar refractivity (Wildman–Crippen MR) is 85.3 cm³/mol. The zero-order chi connectivity index (χ0) is 14.0. The number of halogens is 1. The molecule has 2 N–H and O–H groups in total. The predicted octanol–water partition coefficient (Wildman–Crippen LogP) is 1.83. The highest BCUT2D eigenvalue weighted by Crippen LogP contribution is 2.29. The Bertz CT molecular complexity index is 563. The number of nitrogens with zero attached hydrogens (tertiary/aromatic N) is 1. The smallest absolute Gasteiger partial charge is 0.169 e. The van der Waals surface area contributed by atoms with Crippen LogP contribution in [0.15, 0.2) is 22.7 Å². The number of hydrogen-bond acceptors (Lipinski definition) is 5. The van der Waals surface area contributed by atoms with Crippen molar-refractivity contribution >= 4 is 43.2 Å². The maximum absolute atomic E-state index is 11.9. The van der Waals surface area contributed by atoms with E-state index >= 15 is 0 Å². The van der Waals surface area contributed by atoms with E-state index in [4.69, 9.17) is 5.73 Å². The lowest BCUT2D eigenvalue weighted by Gasteiger charge is -2.36. The molecule has 1 fully saturated rings. The number of anilines is 1. The van der Waals surface area contributed by atoms with Crippen LogP contribution in [-0.4, -0.2) is 38.1 Å². The summed E-state index contributed by atoms with van der Waals surface area (Å²) in [6.07, 6.45) is 1.30.